The fourth-order valence-corrected chi connectivity index (χ4v) is 2.93. The van der Waals surface area contributed by atoms with Crippen molar-refractivity contribution in [1.29, 1.82) is 0 Å². The van der Waals surface area contributed by atoms with Gasteiger partial charge in [-0.2, -0.15) is 8.42 Å². The van der Waals surface area contributed by atoms with Gasteiger partial charge in [-0.25, -0.2) is 0 Å². The van der Waals surface area contributed by atoms with Gasteiger partial charge < -0.3 is 10.1 Å². The molecule has 0 bridgehead atoms. The summed E-state index contributed by atoms with van der Waals surface area (Å²) in [5.41, 5.74) is 0.800. The number of nitrogens with one attached hydrogen (secondary N) is 1. The van der Waals surface area contributed by atoms with Crippen molar-refractivity contribution >= 4 is 39.4 Å². The summed E-state index contributed by atoms with van der Waals surface area (Å²) in [5.74, 6) is 0.174. The lowest BCUT2D eigenvalue weighted by Crippen LogP contribution is -2.43. The zero-order valence-corrected chi connectivity index (χ0v) is 17.0. The Balaban J connectivity index is 2.93. The van der Waals surface area contributed by atoms with Crippen LogP contribution in [0, 0.1) is 0 Å². The SMILES string of the molecule is CCCCCCN(C(=O)Cc1ccc(OC)c(N=S(=O)=O)c1)C(=S)NC. The molecule has 1 aromatic carbocycles. The van der Waals surface area contributed by atoms with Gasteiger partial charge >= 0.3 is 10.5 Å². The largest absolute Gasteiger partial charge is 0.494 e. The average Bonchev–Trinajstić information content (AvgIpc) is 2.60. The molecule has 1 rings (SSSR count). The number of carbonyl (C=O) groups is 1. The molecule has 7 nitrogen and oxygen atoms in total. The summed E-state index contributed by atoms with van der Waals surface area (Å²) < 4.78 is 30.3. The van der Waals surface area contributed by atoms with Crippen molar-refractivity contribution in [3.63, 3.8) is 0 Å². The second kappa shape index (κ2) is 11.6. The highest BCUT2D eigenvalue weighted by molar-refractivity contribution is 7.80. The summed E-state index contributed by atoms with van der Waals surface area (Å²) in [6, 6.07) is 4.83. The minimum absolute atomic E-state index is 0.0909. The van der Waals surface area contributed by atoms with Gasteiger partial charge in [-0.15, -0.1) is 4.36 Å². The van der Waals surface area contributed by atoms with Crippen LogP contribution in [0.15, 0.2) is 22.6 Å². The van der Waals surface area contributed by atoms with E-state index in [1.807, 2.05) is 0 Å². The number of hydrogen-bond donors (Lipinski definition) is 1. The molecule has 1 aromatic rings. The Hall–Kier alpha value is -2.00. The fraction of sp³-hybridized carbons (Fsp3) is 0.529. The molecule has 0 saturated carbocycles. The molecule has 0 aliphatic heterocycles. The second-order valence-corrected chi connectivity index (χ2v) is 6.66. The zero-order valence-electron chi connectivity index (χ0n) is 15.3. The monoisotopic (exact) mass is 399 g/mol. The number of ether oxygens (including phenoxy) is 1. The average molecular weight is 400 g/mol. The number of benzene rings is 1. The van der Waals surface area contributed by atoms with E-state index in [0.717, 1.165) is 25.7 Å². The molecule has 0 spiro atoms. The smallest absolute Gasteiger partial charge is 0.316 e. The summed E-state index contributed by atoms with van der Waals surface area (Å²) in [6.07, 6.45) is 4.23. The zero-order chi connectivity index (χ0) is 19.5. The number of nitrogens with zero attached hydrogens (tertiary/aromatic N) is 2. The van der Waals surface area contributed by atoms with E-state index in [9.17, 15) is 13.2 Å². The number of amides is 1. The third-order valence-electron chi connectivity index (χ3n) is 3.77. The lowest BCUT2D eigenvalue weighted by molar-refractivity contribution is -0.126. The quantitative estimate of drug-likeness (QED) is 0.507. The first-order valence-electron chi connectivity index (χ1n) is 8.43. The molecular formula is C17H25N3O4S2. The van der Waals surface area contributed by atoms with Gasteiger partial charge in [-0.05, 0) is 36.3 Å². The van der Waals surface area contributed by atoms with Crippen LogP contribution in [0.1, 0.15) is 38.2 Å². The predicted octanol–water partition coefficient (Wildman–Crippen LogP) is 2.85. The molecule has 0 aliphatic carbocycles. The van der Waals surface area contributed by atoms with E-state index in [0.29, 0.717) is 23.0 Å². The summed E-state index contributed by atoms with van der Waals surface area (Å²) in [7, 11) is 0.506. The molecule has 0 saturated heterocycles. The first-order valence-corrected chi connectivity index (χ1v) is 9.87. The Morgan fingerprint density at radius 1 is 1.31 bits per heavy atom. The molecule has 0 unspecified atom stereocenters. The first-order chi connectivity index (χ1) is 12.4. The highest BCUT2D eigenvalue weighted by atomic mass is 32.2. The van der Waals surface area contributed by atoms with Crippen molar-refractivity contribution in [3.8, 4) is 5.75 Å². The van der Waals surface area contributed by atoms with Crippen molar-refractivity contribution in [1.82, 2.24) is 10.2 Å². The summed E-state index contributed by atoms with van der Waals surface area (Å²) >= 11 is 5.24. The lowest BCUT2D eigenvalue weighted by Gasteiger charge is -2.23. The highest BCUT2D eigenvalue weighted by Gasteiger charge is 2.18. The van der Waals surface area contributed by atoms with Gasteiger partial charge in [-0.3, -0.25) is 9.69 Å². The van der Waals surface area contributed by atoms with Gasteiger partial charge in [0.2, 0.25) is 5.91 Å². The van der Waals surface area contributed by atoms with Crippen molar-refractivity contribution < 1.29 is 17.9 Å². The maximum absolute atomic E-state index is 12.7. The maximum Gasteiger partial charge on any atom is 0.316 e. The third kappa shape index (κ3) is 7.09. The van der Waals surface area contributed by atoms with Gasteiger partial charge in [-0.1, -0.05) is 32.3 Å². The first kappa shape index (κ1) is 22.0. The van der Waals surface area contributed by atoms with Gasteiger partial charge in [0.15, 0.2) is 5.11 Å². The van der Waals surface area contributed by atoms with Gasteiger partial charge in [0.25, 0.3) is 0 Å². The van der Waals surface area contributed by atoms with E-state index in [1.165, 1.54) is 13.2 Å². The molecule has 0 fully saturated rings. The molecule has 9 heteroatoms. The van der Waals surface area contributed by atoms with Crippen molar-refractivity contribution in [2.24, 2.45) is 4.36 Å². The van der Waals surface area contributed by atoms with E-state index in [1.54, 1.807) is 24.1 Å². The Bertz CT molecular complexity index is 755. The number of thiocarbonyl (C=S) groups is 1. The molecule has 26 heavy (non-hydrogen) atoms. The van der Waals surface area contributed by atoms with Gasteiger partial charge in [0.1, 0.15) is 11.4 Å². The summed E-state index contributed by atoms with van der Waals surface area (Å²) in [6.45, 7) is 2.68. The molecule has 0 radical (unpaired) electrons. The topological polar surface area (TPSA) is 88.1 Å². The Labute approximate surface area is 161 Å². The van der Waals surface area contributed by atoms with Gasteiger partial charge in [0, 0.05) is 13.6 Å². The molecule has 1 amide bonds. The van der Waals surface area contributed by atoms with Crippen LogP contribution in [-0.2, 0) is 21.7 Å². The summed E-state index contributed by atoms with van der Waals surface area (Å²) in [4.78, 5) is 14.2. The Kier molecular flexibility index (Phi) is 9.82. The molecule has 0 aliphatic rings. The Morgan fingerprint density at radius 2 is 2.04 bits per heavy atom. The Morgan fingerprint density at radius 3 is 2.62 bits per heavy atom. The molecule has 0 aromatic heterocycles. The number of rotatable bonds is 9. The summed E-state index contributed by atoms with van der Waals surface area (Å²) in [5, 5.41) is 3.23. The van der Waals surface area contributed by atoms with Crippen molar-refractivity contribution in [2.45, 2.75) is 39.0 Å². The van der Waals surface area contributed by atoms with Gasteiger partial charge in [0.05, 0.1) is 13.5 Å². The van der Waals surface area contributed by atoms with Crippen LogP contribution in [-0.4, -0.2) is 45.0 Å². The molecule has 144 valence electrons. The maximum atomic E-state index is 12.7. The van der Waals surface area contributed by atoms with Crippen LogP contribution in [0.4, 0.5) is 5.69 Å². The third-order valence-corrected chi connectivity index (χ3v) is 4.54. The molecule has 0 atom stereocenters. The van der Waals surface area contributed by atoms with E-state index in [-0.39, 0.29) is 18.0 Å². The van der Waals surface area contributed by atoms with Crippen molar-refractivity contribution in [3.05, 3.63) is 23.8 Å². The standard InChI is InChI=1S/C17H25N3O4S2/c1-4-5-6-7-10-20(17(25)18-2)16(21)12-13-8-9-15(24-3)14(11-13)19-26(22)23/h8-9,11H,4-7,10,12H2,1-3H3,(H,18,25). The second-order valence-electron chi connectivity index (χ2n) is 5.65. The number of carbonyl (C=O) groups excluding carboxylic acids is 1. The van der Waals surface area contributed by atoms with Crippen LogP contribution < -0.4 is 10.1 Å². The van der Waals surface area contributed by atoms with Crippen molar-refractivity contribution in [2.75, 3.05) is 20.7 Å². The van der Waals surface area contributed by atoms with E-state index in [2.05, 4.69) is 16.6 Å². The van der Waals surface area contributed by atoms with Crippen LogP contribution >= 0.6 is 12.2 Å². The molecule has 1 N–H and O–H groups in total. The van der Waals surface area contributed by atoms with Crippen LogP contribution in [0.2, 0.25) is 0 Å². The molecular weight excluding hydrogens is 374 g/mol. The van der Waals surface area contributed by atoms with E-state index >= 15 is 0 Å². The lowest BCUT2D eigenvalue weighted by atomic mass is 10.1. The predicted molar refractivity (Wildman–Crippen MR) is 105 cm³/mol. The fourth-order valence-electron chi connectivity index (χ4n) is 2.44. The number of methoxy groups -OCH3 is 1. The number of hydrogen-bond acceptors (Lipinski definition) is 6. The molecule has 0 heterocycles. The minimum atomic E-state index is -2.60. The number of unbranched alkanes of at least 4 members (excludes halogenated alkanes) is 3. The van der Waals surface area contributed by atoms with Crippen LogP contribution in [0.25, 0.3) is 0 Å². The normalized spacial score (nSPS) is 10.1. The minimum Gasteiger partial charge on any atom is -0.494 e. The van der Waals surface area contributed by atoms with Crippen LogP contribution in [0.5, 0.6) is 5.75 Å². The van der Waals surface area contributed by atoms with Crippen LogP contribution in [0.3, 0.4) is 0 Å². The van der Waals surface area contributed by atoms with E-state index in [4.69, 9.17) is 17.0 Å². The highest BCUT2D eigenvalue weighted by Crippen LogP contribution is 2.28. The van der Waals surface area contributed by atoms with E-state index < -0.39 is 10.5 Å².